The normalized spacial score (nSPS) is 12.0. The number of halogens is 2. The van der Waals surface area contributed by atoms with Crippen molar-refractivity contribution in [3.05, 3.63) is 70.5 Å². The van der Waals surface area contributed by atoms with Crippen LogP contribution in [-0.4, -0.2) is 11.7 Å². The molecule has 2 aromatic rings. The van der Waals surface area contributed by atoms with Gasteiger partial charge in [0.25, 0.3) is 0 Å². The summed E-state index contributed by atoms with van der Waals surface area (Å²) in [5.74, 6) is 0.834. The lowest BCUT2D eigenvalue weighted by Crippen LogP contribution is -2.28. The molecule has 116 valence electrons. The summed E-state index contributed by atoms with van der Waals surface area (Å²) in [4.78, 5) is 11.9. The van der Waals surface area contributed by atoms with Crippen molar-refractivity contribution in [1.29, 1.82) is 0 Å². The first kappa shape index (κ1) is 16.8. The molecule has 1 amide bonds. The maximum atomic E-state index is 12.9. The molecule has 0 heterocycles. The summed E-state index contributed by atoms with van der Waals surface area (Å²) in [7, 11) is 0. The molecule has 1 N–H and O–H groups in total. The number of nitrogens with one attached hydrogen (secondary N) is 1. The van der Waals surface area contributed by atoms with Crippen LogP contribution in [0.5, 0.6) is 0 Å². The molecule has 5 heteroatoms. The van der Waals surface area contributed by atoms with E-state index in [9.17, 15) is 9.18 Å². The van der Waals surface area contributed by atoms with Gasteiger partial charge in [-0.05, 0) is 42.3 Å². The Kier molecular flexibility index (Phi) is 6.28. The molecule has 0 aliphatic carbocycles. The molecule has 0 aliphatic rings. The van der Waals surface area contributed by atoms with Gasteiger partial charge in [0, 0.05) is 10.8 Å². The Morgan fingerprint density at radius 1 is 1.18 bits per heavy atom. The molecule has 0 saturated heterocycles. The van der Waals surface area contributed by atoms with E-state index in [0.29, 0.717) is 10.8 Å². The average Bonchev–Trinajstić information content (AvgIpc) is 2.50. The van der Waals surface area contributed by atoms with Crippen LogP contribution >= 0.6 is 23.4 Å². The minimum atomic E-state index is -0.277. The van der Waals surface area contributed by atoms with E-state index in [-0.39, 0.29) is 17.8 Å². The third-order valence-corrected chi connectivity index (χ3v) is 4.42. The van der Waals surface area contributed by atoms with Crippen molar-refractivity contribution in [2.75, 3.05) is 5.75 Å². The largest absolute Gasteiger partial charge is 0.349 e. The maximum absolute atomic E-state index is 12.9. The zero-order chi connectivity index (χ0) is 15.9. The van der Waals surface area contributed by atoms with E-state index >= 15 is 0 Å². The lowest BCUT2D eigenvalue weighted by molar-refractivity contribution is -0.119. The number of benzene rings is 2. The number of carbonyl (C=O) groups excluding carboxylic acids is 1. The van der Waals surface area contributed by atoms with Gasteiger partial charge in [-0.1, -0.05) is 35.9 Å². The van der Waals surface area contributed by atoms with E-state index in [1.165, 1.54) is 12.1 Å². The highest BCUT2D eigenvalue weighted by Crippen LogP contribution is 2.16. The zero-order valence-corrected chi connectivity index (χ0v) is 13.8. The maximum Gasteiger partial charge on any atom is 0.230 e. The Morgan fingerprint density at radius 2 is 1.82 bits per heavy atom. The molecule has 22 heavy (non-hydrogen) atoms. The van der Waals surface area contributed by atoms with E-state index in [1.807, 2.05) is 31.2 Å². The van der Waals surface area contributed by atoms with Crippen molar-refractivity contribution in [3.8, 4) is 0 Å². The van der Waals surface area contributed by atoms with Crippen molar-refractivity contribution in [2.24, 2.45) is 0 Å². The molecule has 2 rings (SSSR count). The van der Waals surface area contributed by atoms with Gasteiger partial charge in [-0.3, -0.25) is 4.79 Å². The fourth-order valence-corrected chi connectivity index (χ4v) is 2.89. The summed E-state index contributed by atoms with van der Waals surface area (Å²) in [5.41, 5.74) is 2.02. The molecule has 0 fully saturated rings. The first-order chi connectivity index (χ1) is 10.5. The van der Waals surface area contributed by atoms with Crippen molar-refractivity contribution in [3.63, 3.8) is 0 Å². The molecule has 0 aliphatic heterocycles. The van der Waals surface area contributed by atoms with Crippen molar-refractivity contribution < 1.29 is 9.18 Å². The predicted octanol–water partition coefficient (Wildman–Crippen LogP) is 4.59. The number of amides is 1. The Balaban J connectivity index is 1.75. The van der Waals surface area contributed by atoms with Crippen LogP contribution in [0, 0.1) is 5.82 Å². The highest BCUT2D eigenvalue weighted by atomic mass is 35.5. The molecule has 0 saturated carbocycles. The molecule has 0 bridgehead atoms. The second-order valence-corrected chi connectivity index (χ2v) is 6.38. The number of carbonyl (C=O) groups is 1. The Hall–Kier alpha value is -1.52. The van der Waals surface area contributed by atoms with E-state index in [4.69, 9.17) is 11.6 Å². The minimum absolute atomic E-state index is 0.0317. The Bertz CT molecular complexity index is 616. The summed E-state index contributed by atoms with van der Waals surface area (Å²) in [6.45, 7) is 1.88. The number of rotatable bonds is 6. The van der Waals surface area contributed by atoms with Crippen molar-refractivity contribution in [2.45, 2.75) is 18.7 Å². The number of thioether (sulfide) groups is 1. The van der Waals surface area contributed by atoms with Gasteiger partial charge in [-0.2, -0.15) is 0 Å². The minimum Gasteiger partial charge on any atom is -0.349 e. The lowest BCUT2D eigenvalue weighted by atomic mass is 10.1. The summed E-state index contributed by atoms with van der Waals surface area (Å²) in [6, 6.07) is 13.6. The van der Waals surface area contributed by atoms with Gasteiger partial charge >= 0.3 is 0 Å². The summed E-state index contributed by atoms with van der Waals surface area (Å²) in [6.07, 6.45) is 0. The standard InChI is InChI=1S/C17H17ClFNOS/c1-12(14-4-8-16(19)9-5-14)20-17(21)11-22-10-13-2-6-15(18)7-3-13/h2-9,12H,10-11H2,1H3,(H,20,21)/t12-/m0/s1. The smallest absolute Gasteiger partial charge is 0.230 e. The van der Waals surface area contributed by atoms with Crippen LogP contribution in [0.2, 0.25) is 5.02 Å². The van der Waals surface area contributed by atoms with E-state index < -0.39 is 0 Å². The van der Waals surface area contributed by atoms with Crippen LogP contribution in [0.25, 0.3) is 0 Å². The van der Waals surface area contributed by atoms with Gasteiger partial charge < -0.3 is 5.32 Å². The fourth-order valence-electron chi connectivity index (χ4n) is 1.96. The second kappa shape index (κ2) is 8.20. The average molecular weight is 338 g/mol. The summed E-state index contributed by atoms with van der Waals surface area (Å²) >= 11 is 7.37. The molecular weight excluding hydrogens is 321 g/mol. The molecule has 2 nitrogen and oxygen atoms in total. The lowest BCUT2D eigenvalue weighted by Gasteiger charge is -2.14. The monoisotopic (exact) mass is 337 g/mol. The van der Waals surface area contributed by atoms with Crippen LogP contribution in [0.1, 0.15) is 24.1 Å². The van der Waals surface area contributed by atoms with E-state index in [0.717, 1.165) is 16.9 Å². The third kappa shape index (κ3) is 5.35. The van der Waals surface area contributed by atoms with Crippen LogP contribution in [0.15, 0.2) is 48.5 Å². The third-order valence-electron chi connectivity index (χ3n) is 3.16. The van der Waals surface area contributed by atoms with Gasteiger partial charge in [0.1, 0.15) is 5.82 Å². The van der Waals surface area contributed by atoms with Crippen LogP contribution in [0.4, 0.5) is 4.39 Å². The second-order valence-electron chi connectivity index (χ2n) is 4.96. The van der Waals surface area contributed by atoms with E-state index in [1.54, 1.807) is 23.9 Å². The van der Waals surface area contributed by atoms with E-state index in [2.05, 4.69) is 5.32 Å². The SMILES string of the molecule is C[C@H](NC(=O)CSCc1ccc(Cl)cc1)c1ccc(F)cc1. The van der Waals surface area contributed by atoms with Gasteiger partial charge in [0.05, 0.1) is 11.8 Å². The highest BCUT2D eigenvalue weighted by Gasteiger charge is 2.09. The molecule has 0 radical (unpaired) electrons. The summed E-state index contributed by atoms with van der Waals surface area (Å²) < 4.78 is 12.9. The van der Waals surface area contributed by atoms with Gasteiger partial charge in [-0.15, -0.1) is 11.8 Å². The van der Waals surface area contributed by atoms with Crippen LogP contribution < -0.4 is 5.32 Å². The zero-order valence-electron chi connectivity index (χ0n) is 12.2. The molecule has 1 atom stereocenters. The predicted molar refractivity (Wildman–Crippen MR) is 90.6 cm³/mol. The molecule has 0 unspecified atom stereocenters. The molecular formula is C17H17ClFNOS. The Morgan fingerprint density at radius 3 is 2.45 bits per heavy atom. The summed E-state index contributed by atoms with van der Waals surface area (Å²) in [5, 5.41) is 3.62. The first-order valence-electron chi connectivity index (χ1n) is 6.91. The number of hydrogen-bond donors (Lipinski definition) is 1. The molecule has 0 spiro atoms. The van der Waals surface area contributed by atoms with Gasteiger partial charge in [0.15, 0.2) is 0 Å². The molecule has 0 aromatic heterocycles. The topological polar surface area (TPSA) is 29.1 Å². The Labute approximate surface area is 139 Å². The first-order valence-corrected chi connectivity index (χ1v) is 8.45. The number of hydrogen-bond acceptors (Lipinski definition) is 2. The van der Waals surface area contributed by atoms with Crippen molar-refractivity contribution in [1.82, 2.24) is 5.32 Å². The van der Waals surface area contributed by atoms with Gasteiger partial charge in [0.2, 0.25) is 5.91 Å². The highest BCUT2D eigenvalue weighted by molar-refractivity contribution is 7.99. The van der Waals surface area contributed by atoms with Gasteiger partial charge in [-0.25, -0.2) is 4.39 Å². The molecule has 2 aromatic carbocycles. The van der Waals surface area contributed by atoms with Crippen molar-refractivity contribution >= 4 is 29.3 Å². The van der Waals surface area contributed by atoms with Crippen LogP contribution in [0.3, 0.4) is 0 Å². The fraction of sp³-hybridized carbons (Fsp3) is 0.235. The van der Waals surface area contributed by atoms with Crippen LogP contribution in [-0.2, 0) is 10.5 Å². The quantitative estimate of drug-likeness (QED) is 0.835.